The van der Waals surface area contributed by atoms with Crippen molar-refractivity contribution >= 4 is 5.91 Å². The largest absolute Gasteiger partial charge is 0.443 e. The molecule has 112 valence electrons. The number of carbonyl (C=O) groups is 1. The maximum atomic E-state index is 12.2. The molecule has 2 heterocycles. The Labute approximate surface area is 127 Å². The molecule has 0 saturated heterocycles. The Balaban J connectivity index is 1.58. The number of aromatic nitrogens is 3. The third kappa shape index (κ3) is 3.22. The lowest BCUT2D eigenvalue weighted by Gasteiger charge is -2.05. The molecule has 0 aliphatic rings. The molecular weight excluding hydrogens is 280 g/mol. The second kappa shape index (κ2) is 6.71. The van der Waals surface area contributed by atoms with Crippen LogP contribution in [0.2, 0.25) is 0 Å². The van der Waals surface area contributed by atoms with Crippen molar-refractivity contribution in [3.8, 4) is 11.3 Å². The normalized spacial score (nSPS) is 10.5. The van der Waals surface area contributed by atoms with Crippen molar-refractivity contribution in [2.45, 2.75) is 13.0 Å². The molecule has 0 spiro atoms. The van der Waals surface area contributed by atoms with Gasteiger partial charge in [-0.1, -0.05) is 30.3 Å². The molecule has 2 aromatic heterocycles. The van der Waals surface area contributed by atoms with Crippen LogP contribution in [0.15, 0.2) is 59.9 Å². The van der Waals surface area contributed by atoms with Crippen LogP contribution in [0.3, 0.4) is 0 Å². The Morgan fingerprint density at radius 3 is 2.91 bits per heavy atom. The Hall–Kier alpha value is -2.89. The quantitative estimate of drug-likeness (QED) is 0.709. The van der Waals surface area contributed by atoms with E-state index in [1.165, 1.54) is 6.39 Å². The molecule has 6 nitrogen and oxygen atoms in total. The van der Waals surface area contributed by atoms with Gasteiger partial charge in [0.15, 0.2) is 17.8 Å². The molecule has 0 aliphatic carbocycles. The van der Waals surface area contributed by atoms with E-state index in [0.717, 1.165) is 18.5 Å². The van der Waals surface area contributed by atoms with Crippen molar-refractivity contribution in [2.24, 2.45) is 0 Å². The molecule has 22 heavy (non-hydrogen) atoms. The third-order valence-corrected chi connectivity index (χ3v) is 3.26. The molecule has 1 aromatic carbocycles. The zero-order chi connectivity index (χ0) is 15.2. The van der Waals surface area contributed by atoms with Crippen molar-refractivity contribution in [1.82, 2.24) is 19.9 Å². The minimum absolute atomic E-state index is 0.224. The third-order valence-electron chi connectivity index (χ3n) is 3.26. The van der Waals surface area contributed by atoms with Gasteiger partial charge < -0.3 is 14.3 Å². The zero-order valence-electron chi connectivity index (χ0n) is 12.0. The number of nitrogens with one attached hydrogen (secondary N) is 1. The average Bonchev–Trinajstić information content (AvgIpc) is 3.23. The Morgan fingerprint density at radius 1 is 1.27 bits per heavy atom. The molecule has 0 aliphatic heterocycles. The topological polar surface area (TPSA) is 73.0 Å². The summed E-state index contributed by atoms with van der Waals surface area (Å²) in [5.74, 6) is 0.269. The van der Waals surface area contributed by atoms with Crippen molar-refractivity contribution < 1.29 is 9.21 Å². The highest BCUT2D eigenvalue weighted by Gasteiger charge is 2.17. The van der Waals surface area contributed by atoms with Gasteiger partial charge in [0.05, 0.1) is 6.33 Å². The van der Waals surface area contributed by atoms with Crippen LogP contribution in [0.5, 0.6) is 0 Å². The van der Waals surface area contributed by atoms with Crippen molar-refractivity contribution in [1.29, 1.82) is 0 Å². The van der Waals surface area contributed by atoms with E-state index < -0.39 is 0 Å². The number of nitrogens with zero attached hydrogens (tertiary/aromatic N) is 3. The van der Waals surface area contributed by atoms with E-state index in [1.54, 1.807) is 12.5 Å². The van der Waals surface area contributed by atoms with Gasteiger partial charge in [0.25, 0.3) is 5.91 Å². The number of benzene rings is 1. The summed E-state index contributed by atoms with van der Waals surface area (Å²) < 4.78 is 7.32. The fourth-order valence-corrected chi connectivity index (χ4v) is 2.17. The van der Waals surface area contributed by atoms with Crippen molar-refractivity contribution in [3.05, 3.63) is 61.1 Å². The van der Waals surface area contributed by atoms with E-state index >= 15 is 0 Å². The monoisotopic (exact) mass is 296 g/mol. The van der Waals surface area contributed by atoms with Gasteiger partial charge in [-0.15, -0.1) is 0 Å². The highest BCUT2D eigenvalue weighted by atomic mass is 16.3. The summed E-state index contributed by atoms with van der Waals surface area (Å²) in [5.41, 5.74) is 1.15. The number of hydrogen-bond acceptors (Lipinski definition) is 4. The van der Waals surface area contributed by atoms with Crippen LogP contribution >= 0.6 is 0 Å². The molecule has 1 N–H and O–H groups in total. The highest BCUT2D eigenvalue weighted by molar-refractivity contribution is 5.97. The molecule has 0 bridgehead atoms. The molecule has 6 heteroatoms. The lowest BCUT2D eigenvalue weighted by atomic mass is 10.1. The summed E-state index contributed by atoms with van der Waals surface area (Å²) in [7, 11) is 0. The Morgan fingerprint density at radius 2 is 2.14 bits per heavy atom. The van der Waals surface area contributed by atoms with Crippen LogP contribution in [0.1, 0.15) is 16.9 Å². The number of hydrogen-bond donors (Lipinski definition) is 1. The number of imidazole rings is 1. The minimum Gasteiger partial charge on any atom is -0.443 e. The Kier molecular flexibility index (Phi) is 4.29. The maximum Gasteiger partial charge on any atom is 0.273 e. The number of rotatable bonds is 6. The molecule has 1 amide bonds. The number of amides is 1. The summed E-state index contributed by atoms with van der Waals surface area (Å²) in [4.78, 5) is 20.2. The molecule has 0 atom stereocenters. The predicted octanol–water partition coefficient (Wildman–Crippen LogP) is 2.36. The lowest BCUT2D eigenvalue weighted by molar-refractivity contribution is 0.0948. The van der Waals surface area contributed by atoms with Crippen LogP contribution < -0.4 is 5.32 Å². The fraction of sp³-hybridized carbons (Fsp3) is 0.188. The summed E-state index contributed by atoms with van der Waals surface area (Å²) in [6.45, 7) is 1.38. The minimum atomic E-state index is -0.224. The first-order chi connectivity index (χ1) is 10.8. The van der Waals surface area contributed by atoms with Crippen molar-refractivity contribution in [2.75, 3.05) is 6.54 Å². The second-order valence-electron chi connectivity index (χ2n) is 4.81. The summed E-state index contributed by atoms with van der Waals surface area (Å²) in [6, 6.07) is 9.47. The number of oxazole rings is 1. The van der Waals surface area contributed by atoms with E-state index in [1.807, 2.05) is 41.1 Å². The molecule has 3 rings (SSSR count). The van der Waals surface area contributed by atoms with Gasteiger partial charge in [0.1, 0.15) is 0 Å². The summed E-state index contributed by atoms with van der Waals surface area (Å²) in [6.07, 6.45) is 7.50. The SMILES string of the molecule is O=C(NCCCn1ccnc1)c1ncoc1-c1ccccc1. The molecule has 0 saturated carbocycles. The van der Waals surface area contributed by atoms with Gasteiger partial charge in [0, 0.05) is 31.0 Å². The van der Waals surface area contributed by atoms with Gasteiger partial charge in [-0.05, 0) is 6.42 Å². The zero-order valence-corrected chi connectivity index (χ0v) is 12.0. The number of aryl methyl sites for hydroxylation is 1. The summed E-state index contributed by atoms with van der Waals surface area (Å²) in [5, 5.41) is 2.86. The van der Waals surface area contributed by atoms with Crippen LogP contribution in [-0.2, 0) is 6.54 Å². The highest BCUT2D eigenvalue weighted by Crippen LogP contribution is 2.22. The van der Waals surface area contributed by atoms with E-state index in [2.05, 4.69) is 15.3 Å². The van der Waals surface area contributed by atoms with Gasteiger partial charge in [-0.2, -0.15) is 0 Å². The van der Waals surface area contributed by atoms with Crippen LogP contribution in [0.25, 0.3) is 11.3 Å². The first-order valence-electron chi connectivity index (χ1n) is 7.07. The van der Waals surface area contributed by atoms with Crippen LogP contribution in [0, 0.1) is 0 Å². The van der Waals surface area contributed by atoms with E-state index in [-0.39, 0.29) is 5.91 Å². The second-order valence-corrected chi connectivity index (χ2v) is 4.81. The first-order valence-corrected chi connectivity index (χ1v) is 7.07. The van der Waals surface area contributed by atoms with E-state index in [0.29, 0.717) is 18.0 Å². The lowest BCUT2D eigenvalue weighted by Crippen LogP contribution is -2.26. The Bertz CT molecular complexity index is 720. The average molecular weight is 296 g/mol. The maximum absolute atomic E-state index is 12.2. The van der Waals surface area contributed by atoms with Crippen molar-refractivity contribution in [3.63, 3.8) is 0 Å². The molecule has 0 unspecified atom stereocenters. The molecule has 3 aromatic rings. The van der Waals surface area contributed by atoms with Gasteiger partial charge >= 0.3 is 0 Å². The smallest absolute Gasteiger partial charge is 0.273 e. The molecule has 0 fully saturated rings. The van der Waals surface area contributed by atoms with Crippen LogP contribution in [-0.4, -0.2) is 27.0 Å². The predicted molar refractivity (Wildman–Crippen MR) is 81.1 cm³/mol. The standard InChI is InChI=1S/C16H16N4O2/c21-16(18-7-4-9-20-10-8-17-11-20)14-15(22-12-19-14)13-5-2-1-3-6-13/h1-3,5-6,8,10-12H,4,7,9H2,(H,18,21). The van der Waals surface area contributed by atoms with Crippen LogP contribution in [0.4, 0.5) is 0 Å². The van der Waals surface area contributed by atoms with E-state index in [9.17, 15) is 4.79 Å². The first kappa shape index (κ1) is 14.1. The van der Waals surface area contributed by atoms with Gasteiger partial charge in [-0.3, -0.25) is 4.79 Å². The van der Waals surface area contributed by atoms with Gasteiger partial charge in [-0.25, -0.2) is 9.97 Å². The molecular formula is C16H16N4O2. The van der Waals surface area contributed by atoms with E-state index in [4.69, 9.17) is 4.42 Å². The molecule has 0 radical (unpaired) electrons. The number of carbonyl (C=O) groups excluding carboxylic acids is 1. The van der Waals surface area contributed by atoms with Gasteiger partial charge in [0.2, 0.25) is 0 Å². The summed E-state index contributed by atoms with van der Waals surface area (Å²) >= 11 is 0. The fourth-order valence-electron chi connectivity index (χ4n) is 2.17.